The predicted molar refractivity (Wildman–Crippen MR) is 84.3 cm³/mol. The molecule has 0 bridgehead atoms. The molecule has 0 spiro atoms. The Morgan fingerprint density at radius 2 is 2.17 bits per heavy atom. The zero-order valence-electron chi connectivity index (χ0n) is 12.4. The number of halogens is 1. The molecule has 3 aromatic rings. The largest absolute Gasteiger partial charge is 0.455 e. The maximum absolute atomic E-state index is 12.1. The van der Waals surface area contributed by atoms with Gasteiger partial charge in [-0.05, 0) is 41.9 Å². The van der Waals surface area contributed by atoms with Crippen LogP contribution in [0.3, 0.4) is 0 Å². The Labute approximate surface area is 139 Å². The first kappa shape index (κ1) is 15.4. The topological polar surface area (TPSA) is 86.7 Å². The number of rotatable bonds is 3. The average molecular weight is 378 g/mol. The highest BCUT2D eigenvalue weighted by molar-refractivity contribution is 9.10. The van der Waals surface area contributed by atoms with Crippen molar-refractivity contribution < 1.29 is 14.1 Å². The van der Waals surface area contributed by atoms with E-state index in [-0.39, 0.29) is 12.2 Å². The third-order valence-corrected chi connectivity index (χ3v) is 3.73. The van der Waals surface area contributed by atoms with Crippen molar-refractivity contribution in [2.24, 2.45) is 0 Å². The van der Waals surface area contributed by atoms with Gasteiger partial charge in [-0.25, -0.2) is 9.78 Å². The zero-order chi connectivity index (χ0) is 16.6. The van der Waals surface area contributed by atoms with E-state index in [1.165, 1.54) is 10.5 Å². The normalized spacial score (nSPS) is 10.9. The summed E-state index contributed by atoms with van der Waals surface area (Å²) in [6, 6.07) is 4.81. The Morgan fingerprint density at radius 3 is 2.87 bits per heavy atom. The monoisotopic (exact) mass is 377 g/mol. The lowest BCUT2D eigenvalue weighted by Crippen LogP contribution is -2.16. The van der Waals surface area contributed by atoms with Crippen molar-refractivity contribution >= 4 is 27.5 Å². The molecule has 3 heterocycles. The first-order valence-electron chi connectivity index (χ1n) is 6.73. The maximum Gasteiger partial charge on any atom is 0.344 e. The molecule has 0 aliphatic carbocycles. The summed E-state index contributed by atoms with van der Waals surface area (Å²) in [5.41, 5.74) is 1.36. The molecular formula is C15H12BrN3O4. The third kappa shape index (κ3) is 3.02. The van der Waals surface area contributed by atoms with Crippen molar-refractivity contribution in [3.05, 3.63) is 61.9 Å². The van der Waals surface area contributed by atoms with Gasteiger partial charge in [0.05, 0.1) is 11.4 Å². The van der Waals surface area contributed by atoms with Crippen molar-refractivity contribution in [2.45, 2.75) is 20.5 Å². The van der Waals surface area contributed by atoms with Gasteiger partial charge >= 0.3 is 5.97 Å². The van der Waals surface area contributed by atoms with Crippen LogP contribution < -0.4 is 5.56 Å². The molecule has 0 fully saturated rings. The maximum atomic E-state index is 12.1. The number of nitrogens with zero attached hydrogens (tertiary/aromatic N) is 3. The fourth-order valence-electron chi connectivity index (χ4n) is 2.19. The van der Waals surface area contributed by atoms with Crippen molar-refractivity contribution in [3.63, 3.8) is 0 Å². The molecule has 0 N–H and O–H groups in total. The second kappa shape index (κ2) is 5.96. The highest BCUT2D eigenvalue weighted by Gasteiger charge is 2.19. The number of pyridine rings is 1. The van der Waals surface area contributed by atoms with Crippen LogP contribution in [0.1, 0.15) is 27.5 Å². The molecule has 3 aromatic heterocycles. The minimum Gasteiger partial charge on any atom is -0.455 e. The van der Waals surface area contributed by atoms with Crippen LogP contribution in [0.5, 0.6) is 0 Å². The summed E-state index contributed by atoms with van der Waals surface area (Å²) >= 11 is 3.30. The minimum atomic E-state index is -0.556. The quantitative estimate of drug-likeness (QED) is 0.651. The molecule has 0 amide bonds. The Balaban J connectivity index is 1.84. The molecule has 0 radical (unpaired) electrons. The van der Waals surface area contributed by atoms with Gasteiger partial charge in [-0.1, -0.05) is 5.16 Å². The van der Waals surface area contributed by atoms with Gasteiger partial charge in [-0.3, -0.25) is 9.20 Å². The van der Waals surface area contributed by atoms with Crippen LogP contribution in [0.4, 0.5) is 0 Å². The molecule has 118 valence electrons. The summed E-state index contributed by atoms with van der Waals surface area (Å²) in [5.74, 6) is -0.164. The van der Waals surface area contributed by atoms with Crippen LogP contribution in [-0.2, 0) is 11.3 Å². The van der Waals surface area contributed by atoms with Gasteiger partial charge in [0.1, 0.15) is 23.6 Å². The highest BCUT2D eigenvalue weighted by Crippen LogP contribution is 2.14. The number of carbonyl (C=O) groups is 1. The van der Waals surface area contributed by atoms with E-state index in [4.69, 9.17) is 9.26 Å². The molecule has 0 aromatic carbocycles. The standard InChI is InChI=1S/C15H12BrN3O4/c1-8-14(9(2)23-18-8)15(21)22-7-11-5-13(20)19-6-10(16)3-4-12(19)17-11/h3-6H,7H2,1-2H3. The second-order valence-corrected chi connectivity index (χ2v) is 5.85. The molecule has 23 heavy (non-hydrogen) atoms. The lowest BCUT2D eigenvalue weighted by molar-refractivity contribution is 0.0465. The van der Waals surface area contributed by atoms with Gasteiger partial charge in [0.25, 0.3) is 5.56 Å². The number of aryl methyl sites for hydroxylation is 2. The molecule has 0 atom stereocenters. The molecular weight excluding hydrogens is 366 g/mol. The number of fused-ring (bicyclic) bond motifs is 1. The van der Waals surface area contributed by atoms with Crippen molar-refractivity contribution in [1.29, 1.82) is 0 Å². The summed E-state index contributed by atoms with van der Waals surface area (Å²) in [6.07, 6.45) is 1.63. The van der Waals surface area contributed by atoms with Crippen LogP contribution in [0.15, 0.2) is 38.2 Å². The molecule has 0 saturated heterocycles. The Morgan fingerprint density at radius 1 is 1.39 bits per heavy atom. The smallest absolute Gasteiger partial charge is 0.344 e. The molecule has 8 heteroatoms. The number of hydrogen-bond donors (Lipinski definition) is 0. The number of aromatic nitrogens is 3. The van der Waals surface area contributed by atoms with Gasteiger partial charge in [-0.2, -0.15) is 0 Å². The van der Waals surface area contributed by atoms with Gasteiger partial charge in [0.15, 0.2) is 0 Å². The molecule has 0 unspecified atom stereocenters. The number of carbonyl (C=O) groups excluding carboxylic acids is 1. The highest BCUT2D eigenvalue weighted by atomic mass is 79.9. The summed E-state index contributed by atoms with van der Waals surface area (Å²) < 4.78 is 12.3. The summed E-state index contributed by atoms with van der Waals surface area (Å²) in [5, 5.41) is 3.71. The van der Waals surface area contributed by atoms with Crippen LogP contribution >= 0.6 is 15.9 Å². The average Bonchev–Trinajstić information content (AvgIpc) is 2.85. The first-order chi connectivity index (χ1) is 11.0. The fourth-order valence-corrected chi connectivity index (χ4v) is 2.52. The lowest BCUT2D eigenvalue weighted by Gasteiger charge is -2.06. The Hall–Kier alpha value is -2.48. The van der Waals surface area contributed by atoms with Gasteiger partial charge in [0.2, 0.25) is 0 Å². The van der Waals surface area contributed by atoms with E-state index >= 15 is 0 Å². The van der Waals surface area contributed by atoms with Gasteiger partial charge < -0.3 is 9.26 Å². The molecule has 0 saturated carbocycles. The molecule has 0 aliphatic rings. The summed E-state index contributed by atoms with van der Waals surface area (Å²) in [4.78, 5) is 28.4. The van der Waals surface area contributed by atoms with E-state index in [1.54, 1.807) is 32.2 Å². The van der Waals surface area contributed by atoms with Crippen molar-refractivity contribution in [1.82, 2.24) is 14.5 Å². The Bertz CT molecular complexity index is 942. The van der Waals surface area contributed by atoms with Crippen molar-refractivity contribution in [3.8, 4) is 0 Å². The van der Waals surface area contributed by atoms with Crippen LogP contribution in [0.25, 0.3) is 5.65 Å². The molecule has 0 aliphatic heterocycles. The van der Waals surface area contributed by atoms with Crippen molar-refractivity contribution in [2.75, 3.05) is 0 Å². The third-order valence-electron chi connectivity index (χ3n) is 3.27. The SMILES string of the molecule is Cc1noc(C)c1C(=O)OCc1cc(=O)n2cc(Br)ccc2n1. The summed E-state index contributed by atoms with van der Waals surface area (Å²) in [7, 11) is 0. The van der Waals surface area contributed by atoms with Gasteiger partial charge in [-0.15, -0.1) is 0 Å². The van der Waals surface area contributed by atoms with E-state index in [2.05, 4.69) is 26.1 Å². The molecule has 3 rings (SSSR count). The number of esters is 1. The van der Waals surface area contributed by atoms with Gasteiger partial charge in [0, 0.05) is 16.7 Å². The van der Waals surface area contributed by atoms with E-state index in [9.17, 15) is 9.59 Å². The number of hydrogen-bond acceptors (Lipinski definition) is 6. The number of ether oxygens (including phenoxy) is 1. The lowest BCUT2D eigenvalue weighted by atomic mass is 10.2. The molecule has 7 nitrogen and oxygen atoms in total. The van der Waals surface area contributed by atoms with E-state index in [0.717, 1.165) is 4.47 Å². The van der Waals surface area contributed by atoms with Crippen LogP contribution in [0.2, 0.25) is 0 Å². The Kier molecular flexibility index (Phi) is 3.99. The predicted octanol–water partition coefficient (Wildman–Crippen LogP) is 2.42. The van der Waals surface area contributed by atoms with E-state index < -0.39 is 5.97 Å². The summed E-state index contributed by atoms with van der Waals surface area (Å²) in [6.45, 7) is 3.19. The minimum absolute atomic E-state index is 0.106. The fraction of sp³-hybridized carbons (Fsp3) is 0.200. The van der Waals surface area contributed by atoms with Crippen LogP contribution in [-0.4, -0.2) is 20.5 Å². The van der Waals surface area contributed by atoms with E-state index in [0.29, 0.717) is 28.4 Å². The second-order valence-electron chi connectivity index (χ2n) is 4.94. The van der Waals surface area contributed by atoms with E-state index in [1.807, 2.05) is 0 Å². The van der Waals surface area contributed by atoms with Crippen LogP contribution in [0, 0.1) is 13.8 Å². The zero-order valence-corrected chi connectivity index (χ0v) is 14.0. The first-order valence-corrected chi connectivity index (χ1v) is 7.53.